The van der Waals surface area contributed by atoms with Gasteiger partial charge in [0.05, 0.1) is 10.9 Å². The van der Waals surface area contributed by atoms with Crippen molar-refractivity contribution in [2.24, 2.45) is 5.92 Å². The van der Waals surface area contributed by atoms with Crippen molar-refractivity contribution in [3.63, 3.8) is 0 Å². The maximum Gasteiger partial charge on any atom is 0.244 e. The van der Waals surface area contributed by atoms with Gasteiger partial charge in [0, 0.05) is 28.5 Å². The topological polar surface area (TPSA) is 57.7 Å². The average molecular weight is 441 g/mol. The highest BCUT2D eigenvalue weighted by molar-refractivity contribution is 7.89. The first-order valence-electron chi connectivity index (χ1n) is 9.09. The smallest absolute Gasteiger partial charge is 0.244 e. The number of terminal acetylenes is 1. The Bertz CT molecular complexity index is 921. The molecule has 150 valence electrons. The predicted molar refractivity (Wildman–Crippen MR) is 111 cm³/mol. The van der Waals surface area contributed by atoms with Crippen LogP contribution < -0.4 is 0 Å². The second-order valence-corrected chi connectivity index (χ2v) is 9.90. The Labute approximate surface area is 176 Å². The van der Waals surface area contributed by atoms with Gasteiger partial charge in [0.2, 0.25) is 15.9 Å². The molecular formula is C20H22Cl2N2O3S. The maximum absolute atomic E-state index is 13.6. The zero-order chi connectivity index (χ0) is 20.6. The molecule has 1 aromatic rings. The molecule has 1 aromatic carbocycles. The molecule has 1 amide bonds. The van der Waals surface area contributed by atoms with Crippen molar-refractivity contribution < 1.29 is 13.2 Å². The van der Waals surface area contributed by atoms with Gasteiger partial charge in [0.1, 0.15) is 6.04 Å². The molecule has 0 radical (unpaired) electrons. The minimum atomic E-state index is -4.00. The van der Waals surface area contributed by atoms with Gasteiger partial charge in [-0.25, -0.2) is 8.42 Å². The van der Waals surface area contributed by atoms with Crippen molar-refractivity contribution in [2.75, 3.05) is 6.54 Å². The van der Waals surface area contributed by atoms with Gasteiger partial charge in [-0.3, -0.25) is 4.79 Å². The highest BCUT2D eigenvalue weighted by atomic mass is 35.5. The molecule has 3 rings (SSSR count). The van der Waals surface area contributed by atoms with E-state index in [1.54, 1.807) is 17.9 Å². The third-order valence-electron chi connectivity index (χ3n) is 5.50. The van der Waals surface area contributed by atoms with E-state index in [-0.39, 0.29) is 32.8 Å². The number of halogens is 2. The van der Waals surface area contributed by atoms with Gasteiger partial charge in [0.15, 0.2) is 0 Å². The van der Waals surface area contributed by atoms with Crippen LogP contribution in [-0.2, 0) is 14.8 Å². The van der Waals surface area contributed by atoms with Crippen molar-refractivity contribution in [3.05, 3.63) is 40.9 Å². The molecule has 8 heteroatoms. The summed E-state index contributed by atoms with van der Waals surface area (Å²) in [6, 6.07) is 2.58. The van der Waals surface area contributed by atoms with E-state index in [0.29, 0.717) is 19.4 Å². The Hall–Kier alpha value is -1.52. The molecule has 0 spiro atoms. The number of sulfonamides is 1. The Morgan fingerprint density at radius 2 is 1.93 bits per heavy atom. The number of carbonyl (C=O) groups is 1. The molecule has 28 heavy (non-hydrogen) atoms. The summed E-state index contributed by atoms with van der Waals surface area (Å²) in [4.78, 5) is 14.9. The van der Waals surface area contributed by atoms with E-state index in [0.717, 1.165) is 6.42 Å². The zero-order valence-electron chi connectivity index (χ0n) is 15.5. The van der Waals surface area contributed by atoms with Gasteiger partial charge >= 0.3 is 0 Å². The Morgan fingerprint density at radius 1 is 1.29 bits per heavy atom. The fraction of sp³-hybridized carbons (Fsp3) is 0.450. The van der Waals surface area contributed by atoms with Crippen LogP contribution in [0, 0.1) is 18.3 Å². The van der Waals surface area contributed by atoms with Gasteiger partial charge < -0.3 is 4.90 Å². The summed E-state index contributed by atoms with van der Waals surface area (Å²) in [5.41, 5.74) is 0. The molecule has 0 aliphatic carbocycles. The summed E-state index contributed by atoms with van der Waals surface area (Å²) in [5, 5.41) is 0.445. The van der Waals surface area contributed by atoms with Crippen LogP contribution in [0.25, 0.3) is 0 Å². The van der Waals surface area contributed by atoms with Crippen molar-refractivity contribution >= 4 is 39.1 Å². The van der Waals surface area contributed by atoms with E-state index >= 15 is 0 Å². The third kappa shape index (κ3) is 3.69. The minimum absolute atomic E-state index is 0.0176. The summed E-state index contributed by atoms with van der Waals surface area (Å²) in [6.07, 6.45) is 9.12. The lowest BCUT2D eigenvalue weighted by molar-refractivity contribution is -0.136. The molecule has 1 unspecified atom stereocenters. The summed E-state index contributed by atoms with van der Waals surface area (Å²) in [7, 11) is -4.00. The fourth-order valence-corrected chi connectivity index (χ4v) is 6.69. The molecular weight excluding hydrogens is 419 g/mol. The largest absolute Gasteiger partial charge is 0.327 e. The molecule has 2 aliphatic heterocycles. The van der Waals surface area contributed by atoms with Gasteiger partial charge in [-0.15, -0.1) is 13.0 Å². The third-order valence-corrected chi connectivity index (χ3v) is 7.85. The minimum Gasteiger partial charge on any atom is -0.327 e. The molecule has 2 saturated heterocycles. The van der Waals surface area contributed by atoms with Gasteiger partial charge in [-0.05, 0) is 44.4 Å². The van der Waals surface area contributed by atoms with E-state index in [1.165, 1.54) is 22.5 Å². The van der Waals surface area contributed by atoms with E-state index in [1.807, 2.05) is 0 Å². The fourth-order valence-electron chi connectivity index (χ4n) is 4.09. The summed E-state index contributed by atoms with van der Waals surface area (Å²) in [5.74, 6) is 2.09. The lowest BCUT2D eigenvalue weighted by atomic mass is 9.90. The molecule has 2 heterocycles. The Balaban J connectivity index is 2.14. The lowest BCUT2D eigenvalue weighted by Gasteiger charge is -2.40. The molecule has 0 aromatic heterocycles. The highest BCUT2D eigenvalue weighted by Gasteiger charge is 2.50. The van der Waals surface area contributed by atoms with Crippen LogP contribution in [0.5, 0.6) is 0 Å². The summed E-state index contributed by atoms with van der Waals surface area (Å²) >= 11 is 12.1. The second-order valence-electron chi connectivity index (χ2n) is 7.19. The number of hydrogen-bond donors (Lipinski definition) is 0. The monoisotopic (exact) mass is 440 g/mol. The van der Waals surface area contributed by atoms with Crippen LogP contribution in [0.1, 0.15) is 26.2 Å². The first-order valence-corrected chi connectivity index (χ1v) is 11.3. The van der Waals surface area contributed by atoms with Gasteiger partial charge in [-0.2, -0.15) is 4.31 Å². The van der Waals surface area contributed by atoms with Crippen LogP contribution in [0.2, 0.25) is 10.0 Å². The van der Waals surface area contributed by atoms with Crippen molar-refractivity contribution in [2.45, 2.75) is 49.2 Å². The van der Waals surface area contributed by atoms with E-state index in [4.69, 9.17) is 29.6 Å². The van der Waals surface area contributed by atoms with Crippen molar-refractivity contribution in [3.8, 4) is 12.3 Å². The van der Waals surface area contributed by atoms with Crippen molar-refractivity contribution in [1.82, 2.24) is 9.21 Å². The zero-order valence-corrected chi connectivity index (χ0v) is 17.8. The van der Waals surface area contributed by atoms with Gasteiger partial charge in [0.25, 0.3) is 0 Å². The summed E-state index contributed by atoms with van der Waals surface area (Å²) < 4.78 is 28.5. The molecule has 2 bridgehead atoms. The molecule has 0 saturated carbocycles. The van der Waals surface area contributed by atoms with E-state index in [9.17, 15) is 13.2 Å². The number of piperidine rings is 1. The summed E-state index contributed by atoms with van der Waals surface area (Å²) in [6.45, 7) is 5.99. The lowest BCUT2D eigenvalue weighted by Crippen LogP contribution is -2.55. The number of fused-ring (bicyclic) bond motifs is 2. The van der Waals surface area contributed by atoms with Crippen LogP contribution in [0.4, 0.5) is 0 Å². The number of rotatable bonds is 4. The average Bonchev–Trinajstić information content (AvgIpc) is 2.73. The standard InChI is InChI=1S/C20H22Cl2N2O3S/c1-4-13(3)23-12-14(5-2)18-7-6-8-19(20(23)25)24(18)28(26,27)17-10-15(21)9-16(22)11-17/h1,5,9-11,13-14,18-19H,2,6-8,12H2,3H3/t13?,14-,18+,19-/m0/s1. The predicted octanol–water partition coefficient (Wildman–Crippen LogP) is 3.57. The normalized spacial score (nSPS) is 27.0. The molecule has 2 fully saturated rings. The van der Waals surface area contributed by atoms with Crippen LogP contribution in [-0.4, -0.2) is 48.2 Å². The molecule has 2 aliphatic rings. The number of hydrogen-bond acceptors (Lipinski definition) is 3. The number of carbonyl (C=O) groups excluding carboxylic acids is 1. The van der Waals surface area contributed by atoms with E-state index in [2.05, 4.69) is 12.5 Å². The van der Waals surface area contributed by atoms with Crippen molar-refractivity contribution in [1.29, 1.82) is 0 Å². The SMILES string of the molecule is C#CC(C)N1C[C@H](C=C)[C@H]2CCC[C@@H](C1=O)N2S(=O)(=O)c1cc(Cl)cc(Cl)c1. The first-order chi connectivity index (χ1) is 13.2. The maximum atomic E-state index is 13.6. The molecule has 0 N–H and O–H groups in total. The Kier molecular flexibility index (Phi) is 6.11. The van der Waals surface area contributed by atoms with Crippen LogP contribution in [0.3, 0.4) is 0 Å². The first kappa shape index (κ1) is 21.2. The van der Waals surface area contributed by atoms with E-state index < -0.39 is 22.1 Å². The highest BCUT2D eigenvalue weighted by Crippen LogP contribution is 2.38. The number of benzene rings is 1. The van der Waals surface area contributed by atoms with Crippen LogP contribution in [0.15, 0.2) is 35.7 Å². The number of amides is 1. The molecule has 5 nitrogen and oxygen atoms in total. The van der Waals surface area contributed by atoms with Gasteiger partial charge in [-0.1, -0.05) is 35.2 Å². The number of nitrogens with zero attached hydrogens (tertiary/aromatic N) is 2. The molecule has 4 atom stereocenters. The Morgan fingerprint density at radius 3 is 2.50 bits per heavy atom. The quantitative estimate of drug-likeness (QED) is 0.530. The van der Waals surface area contributed by atoms with Crippen LogP contribution >= 0.6 is 23.2 Å². The second kappa shape index (κ2) is 8.08.